The van der Waals surface area contributed by atoms with Crippen molar-refractivity contribution in [2.75, 3.05) is 19.8 Å². The molecule has 1 heterocycles. The maximum atomic E-state index is 5.83. The molecule has 1 aliphatic heterocycles. The summed E-state index contributed by atoms with van der Waals surface area (Å²) in [6.45, 7) is 2.44. The van der Waals surface area contributed by atoms with Gasteiger partial charge >= 0.3 is 0 Å². The molecule has 5 heteroatoms. The Morgan fingerprint density at radius 2 is 1.78 bits per heavy atom. The number of ether oxygens (including phenoxy) is 2. The topological polar surface area (TPSA) is 27.7 Å². The predicted octanol–water partition coefficient (Wildman–Crippen LogP) is 4.10. The van der Waals surface area contributed by atoms with Crippen molar-refractivity contribution >= 4 is 30.4 Å². The van der Waals surface area contributed by atoms with Crippen molar-refractivity contribution in [2.24, 2.45) is 11.3 Å². The molecule has 0 radical (unpaired) electrons. The molecule has 0 atom stereocenters. The van der Waals surface area contributed by atoms with E-state index >= 15 is 0 Å². The van der Waals surface area contributed by atoms with Crippen LogP contribution < -0.4 is 0 Å². The Morgan fingerprint density at radius 3 is 2.33 bits per heavy atom. The molecule has 0 bridgehead atoms. The molecule has 3 aliphatic rings. The third-order valence-corrected chi connectivity index (χ3v) is 5.68. The molecule has 2 aliphatic carbocycles. The van der Waals surface area contributed by atoms with Gasteiger partial charge in [0.2, 0.25) is 0 Å². The lowest BCUT2D eigenvalue weighted by atomic mass is 9.69. The summed E-state index contributed by atoms with van der Waals surface area (Å²) in [6, 6.07) is 0. The minimum absolute atomic E-state index is 0.232. The maximum absolute atomic E-state index is 5.83. The fourth-order valence-electron chi connectivity index (χ4n) is 3.44. The van der Waals surface area contributed by atoms with Gasteiger partial charge in [-0.1, -0.05) is 12.8 Å². The first kappa shape index (κ1) is 13.9. The van der Waals surface area contributed by atoms with Crippen LogP contribution in [0.1, 0.15) is 44.9 Å². The van der Waals surface area contributed by atoms with Crippen LogP contribution >= 0.6 is 30.4 Å². The third kappa shape index (κ3) is 3.16. The zero-order valence-corrected chi connectivity index (χ0v) is 13.6. The lowest BCUT2D eigenvalue weighted by Crippen LogP contribution is -2.42. The smallest absolute Gasteiger partial charge is 0.168 e. The molecular weight excluding hydrogens is 363 g/mol. The average molecular weight is 384 g/mol. The summed E-state index contributed by atoms with van der Waals surface area (Å²) in [5.41, 5.74) is 0.389. The number of hydrogen-bond acceptors (Lipinski definition) is 4. The van der Waals surface area contributed by atoms with Gasteiger partial charge < -0.3 is 13.7 Å². The zero-order valence-electron chi connectivity index (χ0n) is 10.7. The molecule has 104 valence electrons. The number of halogens is 1. The lowest BCUT2D eigenvalue weighted by molar-refractivity contribution is -0.194. The molecule has 3 rings (SSSR count). The third-order valence-electron chi connectivity index (χ3n) is 4.71. The normalized spacial score (nSPS) is 29.8. The van der Waals surface area contributed by atoms with Crippen LogP contribution in [0.3, 0.4) is 0 Å². The largest absolute Gasteiger partial charge is 0.348 e. The van der Waals surface area contributed by atoms with Crippen LogP contribution in [-0.2, 0) is 13.7 Å². The van der Waals surface area contributed by atoms with E-state index in [4.69, 9.17) is 13.7 Å². The molecule has 0 N–H and O–H groups in total. The Hall–Kier alpha value is 0.960. The Morgan fingerprint density at radius 1 is 1.11 bits per heavy atom. The molecule has 3 nitrogen and oxygen atoms in total. The van der Waals surface area contributed by atoms with Crippen molar-refractivity contribution in [3.63, 3.8) is 0 Å². The maximum Gasteiger partial charge on any atom is 0.168 e. The second-order valence-electron chi connectivity index (χ2n) is 6.08. The lowest BCUT2D eigenvalue weighted by Gasteiger charge is -2.43. The highest BCUT2D eigenvalue weighted by Gasteiger charge is 2.48. The summed E-state index contributed by atoms with van der Waals surface area (Å²) in [4.78, 5) is 0. The van der Waals surface area contributed by atoms with E-state index < -0.39 is 0 Å². The molecule has 0 amide bonds. The van der Waals surface area contributed by atoms with Crippen molar-refractivity contribution in [1.29, 1.82) is 0 Å². The molecule has 18 heavy (non-hydrogen) atoms. The second-order valence-corrected chi connectivity index (χ2v) is 7.52. The van der Waals surface area contributed by atoms with Crippen molar-refractivity contribution < 1.29 is 13.7 Å². The summed E-state index contributed by atoms with van der Waals surface area (Å²) in [5, 5.41) is 0. The van der Waals surface area contributed by atoms with E-state index in [0.717, 1.165) is 38.6 Å². The van der Waals surface area contributed by atoms with E-state index in [9.17, 15) is 0 Å². The second kappa shape index (κ2) is 5.76. The van der Waals surface area contributed by atoms with Gasteiger partial charge in [-0.3, -0.25) is 0 Å². The van der Waals surface area contributed by atoms with Gasteiger partial charge in [0, 0.05) is 34.0 Å². The minimum atomic E-state index is -0.232. The summed E-state index contributed by atoms with van der Waals surface area (Å²) < 4.78 is 17.3. The summed E-state index contributed by atoms with van der Waals surface area (Å²) in [5.74, 6) is 0.733. The van der Waals surface area contributed by atoms with Crippen molar-refractivity contribution in [2.45, 2.75) is 50.7 Å². The SMILES string of the molecule is ISOCC1(CC2CC2)CCC2(CC1)OCCO2. The molecule has 1 spiro atoms. The van der Waals surface area contributed by atoms with Crippen molar-refractivity contribution in [3.8, 4) is 0 Å². The Labute approximate surface area is 125 Å². The molecular formula is C13H21IO3S. The quantitative estimate of drug-likeness (QED) is 0.527. The van der Waals surface area contributed by atoms with Gasteiger partial charge in [0.15, 0.2) is 5.79 Å². The van der Waals surface area contributed by atoms with Crippen LogP contribution in [-0.4, -0.2) is 25.6 Å². The van der Waals surface area contributed by atoms with Gasteiger partial charge in [-0.2, -0.15) is 0 Å². The van der Waals surface area contributed by atoms with E-state index in [1.165, 1.54) is 41.3 Å². The van der Waals surface area contributed by atoms with Crippen LogP contribution in [0.5, 0.6) is 0 Å². The van der Waals surface area contributed by atoms with Crippen molar-refractivity contribution in [1.82, 2.24) is 0 Å². The highest BCUT2D eigenvalue weighted by atomic mass is 127. The van der Waals surface area contributed by atoms with Gasteiger partial charge in [-0.15, -0.1) is 0 Å². The summed E-state index contributed by atoms with van der Waals surface area (Å²) in [7, 11) is 1.47. The Kier molecular flexibility index (Phi) is 4.45. The van der Waals surface area contributed by atoms with Crippen LogP contribution in [0.4, 0.5) is 0 Å². The summed E-state index contributed by atoms with van der Waals surface area (Å²) in [6.07, 6.45) is 8.69. The summed E-state index contributed by atoms with van der Waals surface area (Å²) >= 11 is 2.22. The van der Waals surface area contributed by atoms with E-state index in [1.54, 1.807) is 0 Å². The van der Waals surface area contributed by atoms with E-state index in [1.807, 2.05) is 0 Å². The fourth-order valence-corrected chi connectivity index (χ4v) is 4.11. The van der Waals surface area contributed by atoms with E-state index in [2.05, 4.69) is 21.2 Å². The molecule has 0 unspecified atom stereocenters. The first-order chi connectivity index (χ1) is 8.76. The number of rotatable bonds is 5. The highest BCUT2D eigenvalue weighted by Crippen LogP contribution is 2.52. The van der Waals surface area contributed by atoms with Gasteiger partial charge in [-0.25, -0.2) is 0 Å². The van der Waals surface area contributed by atoms with Gasteiger partial charge in [-0.05, 0) is 30.6 Å². The average Bonchev–Trinajstić information content (AvgIpc) is 3.08. The van der Waals surface area contributed by atoms with Crippen molar-refractivity contribution in [3.05, 3.63) is 0 Å². The first-order valence-corrected chi connectivity index (χ1v) is 10.2. The standard InChI is InChI=1S/C13H21IO3S/c14-18-17-10-12(9-11-1-2-11)3-5-13(6-4-12)15-7-8-16-13/h11H,1-10H2. The monoisotopic (exact) mass is 384 g/mol. The molecule has 0 aromatic rings. The zero-order chi connectivity index (χ0) is 12.5. The van der Waals surface area contributed by atoms with E-state index in [0.29, 0.717) is 5.41 Å². The molecule has 0 aromatic heterocycles. The minimum Gasteiger partial charge on any atom is -0.348 e. The molecule has 2 saturated carbocycles. The molecule has 3 fully saturated rings. The van der Waals surface area contributed by atoms with Crippen LogP contribution in [0.15, 0.2) is 0 Å². The Balaban J connectivity index is 1.60. The van der Waals surface area contributed by atoms with Crippen LogP contribution in [0.25, 0.3) is 0 Å². The highest BCUT2D eigenvalue weighted by molar-refractivity contribution is 14.2. The van der Waals surface area contributed by atoms with E-state index in [-0.39, 0.29) is 5.79 Å². The van der Waals surface area contributed by atoms with Gasteiger partial charge in [0.25, 0.3) is 0 Å². The molecule has 1 saturated heterocycles. The van der Waals surface area contributed by atoms with Gasteiger partial charge in [0.1, 0.15) is 0 Å². The Bertz CT molecular complexity index is 280. The van der Waals surface area contributed by atoms with Crippen LogP contribution in [0.2, 0.25) is 0 Å². The fraction of sp³-hybridized carbons (Fsp3) is 1.00. The predicted molar refractivity (Wildman–Crippen MR) is 80.4 cm³/mol. The van der Waals surface area contributed by atoms with Crippen LogP contribution in [0, 0.1) is 11.3 Å². The van der Waals surface area contributed by atoms with Gasteiger partial charge in [0.05, 0.1) is 29.0 Å². The first-order valence-electron chi connectivity index (χ1n) is 6.94. The number of hydrogen-bond donors (Lipinski definition) is 0. The molecule has 0 aromatic carbocycles.